The normalized spacial score (nSPS) is 15.8. The molecule has 1 amide bonds. The van der Waals surface area contributed by atoms with Gasteiger partial charge in [0, 0.05) is 48.7 Å². The fourth-order valence-electron chi connectivity index (χ4n) is 3.95. The third kappa shape index (κ3) is 5.29. The average Bonchev–Trinajstić information content (AvgIpc) is 2.76. The Balaban J connectivity index is 1.62. The van der Waals surface area contributed by atoms with Crippen LogP contribution >= 0.6 is 23.2 Å². The van der Waals surface area contributed by atoms with Gasteiger partial charge in [-0.2, -0.15) is 0 Å². The number of nitrogens with zero attached hydrogens (tertiary/aromatic N) is 2. The molecular formula is C24H30Cl2N2O2. The quantitative estimate of drug-likeness (QED) is 0.414. The zero-order chi connectivity index (χ0) is 21.7. The van der Waals surface area contributed by atoms with Crippen molar-refractivity contribution in [3.63, 3.8) is 0 Å². The van der Waals surface area contributed by atoms with Crippen LogP contribution in [-0.2, 0) is 0 Å². The minimum atomic E-state index is 0.0736. The molecule has 1 saturated heterocycles. The number of carbonyl (C=O) groups is 1. The van der Waals surface area contributed by atoms with Crippen LogP contribution in [0, 0.1) is 13.8 Å². The Labute approximate surface area is 189 Å². The summed E-state index contributed by atoms with van der Waals surface area (Å²) in [6, 6.07) is 11.7. The van der Waals surface area contributed by atoms with E-state index in [-0.39, 0.29) is 11.9 Å². The molecule has 3 rings (SSSR count). The lowest BCUT2D eigenvalue weighted by Crippen LogP contribution is -2.49. The van der Waals surface area contributed by atoms with E-state index < -0.39 is 0 Å². The van der Waals surface area contributed by atoms with Crippen molar-refractivity contribution in [2.75, 3.05) is 38.7 Å². The van der Waals surface area contributed by atoms with Crippen LogP contribution in [0.5, 0.6) is 5.75 Å². The Morgan fingerprint density at radius 3 is 2.33 bits per heavy atom. The van der Waals surface area contributed by atoms with Gasteiger partial charge in [-0.15, -0.1) is 11.6 Å². The fourth-order valence-corrected chi connectivity index (χ4v) is 4.18. The van der Waals surface area contributed by atoms with E-state index in [0.717, 1.165) is 38.3 Å². The summed E-state index contributed by atoms with van der Waals surface area (Å²) >= 11 is 11.7. The van der Waals surface area contributed by atoms with Gasteiger partial charge in [-0.25, -0.2) is 0 Å². The van der Waals surface area contributed by atoms with E-state index >= 15 is 0 Å². The van der Waals surface area contributed by atoms with Gasteiger partial charge in [0.1, 0.15) is 5.75 Å². The number of alkyl halides is 1. The lowest BCUT2D eigenvalue weighted by atomic mass is 9.96. The van der Waals surface area contributed by atoms with Gasteiger partial charge in [-0.05, 0) is 74.2 Å². The predicted octanol–water partition coefficient (Wildman–Crippen LogP) is 5.48. The molecule has 162 valence electrons. The van der Waals surface area contributed by atoms with E-state index in [1.165, 1.54) is 16.7 Å². The largest absolute Gasteiger partial charge is 0.493 e. The molecule has 0 aliphatic carbocycles. The van der Waals surface area contributed by atoms with Crippen molar-refractivity contribution >= 4 is 29.1 Å². The monoisotopic (exact) mass is 448 g/mol. The number of amides is 1. The van der Waals surface area contributed by atoms with Crippen LogP contribution in [0.4, 0.5) is 0 Å². The Hall–Kier alpha value is -1.75. The number of carbonyl (C=O) groups excluding carboxylic acids is 1. The molecule has 0 radical (unpaired) electrons. The summed E-state index contributed by atoms with van der Waals surface area (Å²) in [5.41, 5.74) is 4.46. The summed E-state index contributed by atoms with van der Waals surface area (Å²) < 4.78 is 5.88. The molecule has 1 heterocycles. The number of hydrogen-bond donors (Lipinski definition) is 0. The molecule has 0 aromatic heterocycles. The SMILES string of the molecule is Cc1c(OCCCCl)ccc(C(C)N2CCN(C(=O)c3ccc(Cl)cc3)CC2)c1C. The number of piperazine rings is 1. The van der Waals surface area contributed by atoms with Crippen molar-refractivity contribution in [1.82, 2.24) is 9.80 Å². The summed E-state index contributed by atoms with van der Waals surface area (Å²) in [5, 5.41) is 0.645. The molecule has 0 spiro atoms. The van der Waals surface area contributed by atoms with Gasteiger partial charge in [0.15, 0.2) is 0 Å². The fraction of sp³-hybridized carbons (Fsp3) is 0.458. The molecule has 1 fully saturated rings. The first kappa shape index (κ1) is 22.9. The van der Waals surface area contributed by atoms with Gasteiger partial charge < -0.3 is 9.64 Å². The van der Waals surface area contributed by atoms with E-state index in [1.807, 2.05) is 4.90 Å². The lowest BCUT2D eigenvalue weighted by molar-refractivity contribution is 0.0581. The van der Waals surface area contributed by atoms with Crippen molar-refractivity contribution in [1.29, 1.82) is 0 Å². The van der Waals surface area contributed by atoms with E-state index in [2.05, 4.69) is 37.8 Å². The first-order valence-corrected chi connectivity index (χ1v) is 11.4. The van der Waals surface area contributed by atoms with Gasteiger partial charge in [0.25, 0.3) is 5.91 Å². The Morgan fingerprint density at radius 1 is 1.03 bits per heavy atom. The molecule has 1 atom stereocenters. The third-order valence-corrected chi connectivity index (χ3v) is 6.52. The maximum atomic E-state index is 12.7. The van der Waals surface area contributed by atoms with Crippen LogP contribution < -0.4 is 4.74 Å². The second-order valence-corrected chi connectivity index (χ2v) is 8.62. The van der Waals surface area contributed by atoms with Crippen molar-refractivity contribution in [3.05, 3.63) is 63.7 Å². The lowest BCUT2D eigenvalue weighted by Gasteiger charge is -2.39. The minimum absolute atomic E-state index is 0.0736. The van der Waals surface area contributed by atoms with Crippen LogP contribution in [0.2, 0.25) is 5.02 Å². The van der Waals surface area contributed by atoms with Gasteiger partial charge >= 0.3 is 0 Å². The van der Waals surface area contributed by atoms with Crippen molar-refractivity contribution in [3.8, 4) is 5.75 Å². The number of halogens is 2. The minimum Gasteiger partial charge on any atom is -0.493 e. The molecule has 1 aliphatic heterocycles. The van der Waals surface area contributed by atoms with E-state index in [4.69, 9.17) is 27.9 Å². The average molecular weight is 449 g/mol. The summed E-state index contributed by atoms with van der Waals surface area (Å²) in [5.74, 6) is 1.62. The maximum Gasteiger partial charge on any atom is 0.253 e. The molecule has 1 aliphatic rings. The van der Waals surface area contributed by atoms with Crippen LogP contribution in [0.3, 0.4) is 0 Å². The summed E-state index contributed by atoms with van der Waals surface area (Å²) in [7, 11) is 0. The number of ether oxygens (including phenoxy) is 1. The molecular weight excluding hydrogens is 419 g/mol. The zero-order valence-corrected chi connectivity index (χ0v) is 19.5. The summed E-state index contributed by atoms with van der Waals surface area (Å²) in [6.45, 7) is 10.3. The van der Waals surface area contributed by atoms with E-state index in [9.17, 15) is 4.79 Å². The molecule has 2 aromatic rings. The Bertz CT molecular complexity index is 862. The zero-order valence-electron chi connectivity index (χ0n) is 18.0. The predicted molar refractivity (Wildman–Crippen MR) is 124 cm³/mol. The second-order valence-electron chi connectivity index (χ2n) is 7.80. The van der Waals surface area contributed by atoms with Crippen molar-refractivity contribution in [2.24, 2.45) is 0 Å². The first-order chi connectivity index (χ1) is 14.4. The number of hydrogen-bond acceptors (Lipinski definition) is 3. The number of benzene rings is 2. The Kier molecular flexibility index (Phi) is 8.04. The summed E-state index contributed by atoms with van der Waals surface area (Å²) in [4.78, 5) is 17.1. The molecule has 1 unspecified atom stereocenters. The van der Waals surface area contributed by atoms with Crippen LogP contribution in [-0.4, -0.2) is 54.4 Å². The van der Waals surface area contributed by atoms with Crippen LogP contribution in [0.25, 0.3) is 0 Å². The molecule has 0 bridgehead atoms. The third-order valence-electron chi connectivity index (χ3n) is 6.01. The Morgan fingerprint density at radius 2 is 1.70 bits per heavy atom. The smallest absolute Gasteiger partial charge is 0.253 e. The van der Waals surface area contributed by atoms with Crippen molar-refractivity contribution in [2.45, 2.75) is 33.2 Å². The first-order valence-electron chi connectivity index (χ1n) is 10.5. The molecule has 4 nitrogen and oxygen atoms in total. The van der Waals surface area contributed by atoms with Gasteiger partial charge in [-0.1, -0.05) is 17.7 Å². The molecule has 6 heteroatoms. The highest BCUT2D eigenvalue weighted by molar-refractivity contribution is 6.30. The maximum absolute atomic E-state index is 12.7. The van der Waals surface area contributed by atoms with Gasteiger partial charge in [0.05, 0.1) is 6.61 Å². The molecule has 2 aromatic carbocycles. The standard InChI is InChI=1S/C24H30Cl2N2O2/c1-17-18(2)23(30-16-4-11-25)10-9-22(17)19(3)27-12-14-28(15-13-27)24(29)20-5-7-21(26)8-6-20/h5-10,19H,4,11-16H2,1-3H3. The highest BCUT2D eigenvalue weighted by Gasteiger charge is 2.26. The second kappa shape index (κ2) is 10.5. The highest BCUT2D eigenvalue weighted by atomic mass is 35.5. The van der Waals surface area contributed by atoms with Crippen LogP contribution in [0.1, 0.15) is 46.4 Å². The van der Waals surface area contributed by atoms with Gasteiger partial charge in [0.2, 0.25) is 0 Å². The highest BCUT2D eigenvalue weighted by Crippen LogP contribution is 2.31. The van der Waals surface area contributed by atoms with Gasteiger partial charge in [-0.3, -0.25) is 9.69 Å². The van der Waals surface area contributed by atoms with E-state index in [1.54, 1.807) is 24.3 Å². The number of rotatable bonds is 7. The van der Waals surface area contributed by atoms with E-state index in [0.29, 0.717) is 23.1 Å². The topological polar surface area (TPSA) is 32.8 Å². The summed E-state index contributed by atoms with van der Waals surface area (Å²) in [6.07, 6.45) is 0.844. The van der Waals surface area contributed by atoms with Crippen molar-refractivity contribution < 1.29 is 9.53 Å². The van der Waals surface area contributed by atoms with Crippen LogP contribution in [0.15, 0.2) is 36.4 Å². The molecule has 0 N–H and O–H groups in total. The molecule has 30 heavy (non-hydrogen) atoms. The molecule has 0 saturated carbocycles.